The summed E-state index contributed by atoms with van der Waals surface area (Å²) in [7, 11) is 0. The van der Waals surface area contributed by atoms with Crippen LogP contribution in [0.4, 0.5) is 4.39 Å². The maximum Gasteiger partial charge on any atom is 0.164 e. The van der Waals surface area contributed by atoms with Crippen molar-refractivity contribution in [3.63, 3.8) is 0 Å². The van der Waals surface area contributed by atoms with Crippen molar-refractivity contribution in [2.45, 2.75) is 63.2 Å². The lowest BCUT2D eigenvalue weighted by Crippen LogP contribution is -2.28. The minimum atomic E-state index is -0.601. The molecule has 0 saturated carbocycles. The Morgan fingerprint density at radius 1 is 0.926 bits per heavy atom. The quantitative estimate of drug-likeness (QED) is 0.463. The number of phenolic OH excluding ortho intramolecular Hbond substituents is 2. The van der Waals surface area contributed by atoms with Crippen molar-refractivity contribution >= 4 is 0 Å². The largest absolute Gasteiger partial charge is 0.508 e. The number of benzene rings is 2. The molecule has 4 heteroatoms. The highest BCUT2D eigenvalue weighted by Gasteiger charge is 2.37. The van der Waals surface area contributed by atoms with Crippen molar-refractivity contribution in [3.8, 4) is 11.5 Å². The monoisotopic (exact) mass is 372 g/mol. The summed E-state index contributed by atoms with van der Waals surface area (Å²) in [6, 6.07) is 10.3. The van der Waals surface area contributed by atoms with E-state index in [-0.39, 0.29) is 23.5 Å². The van der Waals surface area contributed by atoms with Crippen LogP contribution in [-0.4, -0.2) is 21.9 Å². The Morgan fingerprint density at radius 2 is 1.74 bits per heavy atom. The molecular formula is C23H29FO3. The van der Waals surface area contributed by atoms with Crippen LogP contribution in [0.5, 0.6) is 11.5 Å². The molecule has 0 aromatic heterocycles. The van der Waals surface area contributed by atoms with Gasteiger partial charge in [0.15, 0.2) is 11.6 Å². The molecule has 1 aliphatic rings. The van der Waals surface area contributed by atoms with Crippen molar-refractivity contribution in [1.29, 1.82) is 0 Å². The summed E-state index contributed by atoms with van der Waals surface area (Å²) < 4.78 is 13.7. The van der Waals surface area contributed by atoms with Crippen LogP contribution in [0.2, 0.25) is 0 Å². The Morgan fingerprint density at radius 3 is 2.52 bits per heavy atom. The van der Waals surface area contributed by atoms with Gasteiger partial charge in [-0.1, -0.05) is 37.8 Å². The van der Waals surface area contributed by atoms with E-state index >= 15 is 0 Å². The Labute approximate surface area is 160 Å². The van der Waals surface area contributed by atoms with Crippen LogP contribution in [-0.2, 0) is 11.8 Å². The average Bonchev–Trinajstić information content (AvgIpc) is 2.83. The molecule has 0 heterocycles. The van der Waals surface area contributed by atoms with Crippen LogP contribution < -0.4 is 0 Å². The first-order chi connectivity index (χ1) is 13.1. The van der Waals surface area contributed by atoms with Crippen LogP contribution in [0.25, 0.3) is 0 Å². The molecule has 0 radical (unpaired) electrons. The third kappa shape index (κ3) is 4.27. The fourth-order valence-corrected chi connectivity index (χ4v) is 4.54. The number of phenols is 2. The first-order valence-corrected chi connectivity index (χ1v) is 9.99. The van der Waals surface area contributed by atoms with Crippen LogP contribution in [0.1, 0.15) is 68.1 Å². The Kier molecular flexibility index (Phi) is 6.38. The summed E-state index contributed by atoms with van der Waals surface area (Å²) in [5.41, 5.74) is 2.99. The lowest BCUT2D eigenvalue weighted by Gasteiger charge is -2.36. The van der Waals surface area contributed by atoms with Crippen LogP contribution >= 0.6 is 0 Å². The van der Waals surface area contributed by atoms with Gasteiger partial charge in [0.2, 0.25) is 0 Å². The van der Waals surface area contributed by atoms with Crippen molar-refractivity contribution in [2.75, 3.05) is 6.61 Å². The van der Waals surface area contributed by atoms with E-state index in [2.05, 4.69) is 0 Å². The topological polar surface area (TPSA) is 60.7 Å². The van der Waals surface area contributed by atoms with Crippen molar-refractivity contribution in [2.24, 2.45) is 0 Å². The number of fused-ring (bicyclic) bond motifs is 1. The molecule has 1 atom stereocenters. The van der Waals surface area contributed by atoms with Gasteiger partial charge in [0.1, 0.15) is 5.75 Å². The maximum atomic E-state index is 13.7. The Bertz CT molecular complexity index is 774. The van der Waals surface area contributed by atoms with E-state index in [1.165, 1.54) is 11.6 Å². The number of halogens is 1. The predicted molar refractivity (Wildman–Crippen MR) is 105 cm³/mol. The minimum absolute atomic E-state index is 0.221. The zero-order valence-corrected chi connectivity index (χ0v) is 15.8. The fraction of sp³-hybridized carbons (Fsp3) is 0.478. The Hall–Kier alpha value is -2.07. The zero-order chi connectivity index (χ0) is 19.3. The molecule has 0 fully saturated rings. The van der Waals surface area contributed by atoms with Gasteiger partial charge < -0.3 is 15.3 Å². The molecule has 3 nitrogen and oxygen atoms in total. The van der Waals surface area contributed by atoms with Crippen LogP contribution in [0.15, 0.2) is 36.4 Å². The van der Waals surface area contributed by atoms with Gasteiger partial charge in [0.05, 0.1) is 0 Å². The number of aliphatic hydroxyl groups excluding tert-OH is 1. The van der Waals surface area contributed by atoms with Gasteiger partial charge >= 0.3 is 0 Å². The van der Waals surface area contributed by atoms with E-state index in [1.54, 1.807) is 18.2 Å². The number of hydrogen-bond acceptors (Lipinski definition) is 3. The number of aliphatic hydroxyl groups is 1. The second-order valence-electron chi connectivity index (χ2n) is 7.68. The first kappa shape index (κ1) is 19.7. The second kappa shape index (κ2) is 8.75. The third-order valence-electron chi connectivity index (χ3n) is 5.91. The van der Waals surface area contributed by atoms with Crippen molar-refractivity contribution < 1.29 is 19.7 Å². The van der Waals surface area contributed by atoms with Crippen LogP contribution in [0, 0.1) is 5.82 Å². The third-order valence-corrected chi connectivity index (χ3v) is 5.91. The van der Waals surface area contributed by atoms with Crippen molar-refractivity contribution in [1.82, 2.24) is 0 Å². The molecule has 1 unspecified atom stereocenters. The highest BCUT2D eigenvalue weighted by molar-refractivity contribution is 5.49. The molecule has 0 spiro atoms. The molecule has 27 heavy (non-hydrogen) atoms. The fourth-order valence-electron chi connectivity index (χ4n) is 4.54. The van der Waals surface area contributed by atoms with E-state index in [0.717, 1.165) is 68.9 Å². The van der Waals surface area contributed by atoms with Gasteiger partial charge in [-0.05, 0) is 73.1 Å². The van der Waals surface area contributed by atoms with E-state index in [0.29, 0.717) is 0 Å². The van der Waals surface area contributed by atoms with Gasteiger partial charge in [-0.2, -0.15) is 0 Å². The Balaban J connectivity index is 2.03. The highest BCUT2D eigenvalue weighted by Crippen LogP contribution is 2.47. The lowest BCUT2D eigenvalue weighted by atomic mass is 9.67. The molecule has 2 aromatic rings. The SMILES string of the molecule is OCCCCCCC1(c2ccc(F)c(O)c2)CCCCc2cc(O)ccc21. The first-order valence-electron chi connectivity index (χ1n) is 9.99. The summed E-state index contributed by atoms with van der Waals surface area (Å²) in [4.78, 5) is 0. The van der Waals surface area contributed by atoms with E-state index in [4.69, 9.17) is 5.11 Å². The maximum absolute atomic E-state index is 13.7. The molecule has 0 aliphatic heterocycles. The van der Waals surface area contributed by atoms with E-state index in [9.17, 15) is 14.6 Å². The van der Waals surface area contributed by atoms with E-state index in [1.807, 2.05) is 12.1 Å². The van der Waals surface area contributed by atoms with Gasteiger partial charge in [-0.3, -0.25) is 0 Å². The van der Waals surface area contributed by atoms with Crippen molar-refractivity contribution in [3.05, 3.63) is 58.9 Å². The number of unbranched alkanes of at least 4 members (excludes halogenated alkanes) is 3. The van der Waals surface area contributed by atoms with Gasteiger partial charge in [-0.15, -0.1) is 0 Å². The number of hydrogen-bond donors (Lipinski definition) is 3. The molecule has 0 bridgehead atoms. The second-order valence-corrected chi connectivity index (χ2v) is 7.68. The number of aryl methyl sites for hydroxylation is 1. The average molecular weight is 372 g/mol. The number of aromatic hydroxyl groups is 2. The van der Waals surface area contributed by atoms with Gasteiger partial charge in [0.25, 0.3) is 0 Å². The standard InChI is InChI=1S/C23H29FO3/c24-21-11-8-18(16-22(21)27)23(12-4-1-2-6-14-25)13-5-3-7-17-15-19(26)9-10-20(17)23/h8-11,15-16,25-27H,1-7,12-14H2. The summed E-state index contributed by atoms with van der Waals surface area (Å²) >= 11 is 0. The summed E-state index contributed by atoms with van der Waals surface area (Å²) in [5.74, 6) is -0.637. The van der Waals surface area contributed by atoms with Gasteiger partial charge in [-0.25, -0.2) is 4.39 Å². The number of rotatable bonds is 7. The normalized spacial score (nSPS) is 19.5. The molecule has 0 amide bonds. The molecule has 1 aliphatic carbocycles. The molecule has 3 rings (SSSR count). The lowest BCUT2D eigenvalue weighted by molar-refractivity contribution is 0.281. The van der Waals surface area contributed by atoms with Gasteiger partial charge in [0, 0.05) is 12.0 Å². The molecular weight excluding hydrogens is 343 g/mol. The molecule has 0 saturated heterocycles. The molecule has 2 aromatic carbocycles. The highest BCUT2D eigenvalue weighted by atomic mass is 19.1. The zero-order valence-electron chi connectivity index (χ0n) is 15.8. The summed E-state index contributed by atoms with van der Waals surface area (Å²) in [6.45, 7) is 0.221. The smallest absolute Gasteiger partial charge is 0.164 e. The van der Waals surface area contributed by atoms with Crippen LogP contribution in [0.3, 0.4) is 0 Å². The summed E-state index contributed by atoms with van der Waals surface area (Å²) in [5, 5.41) is 29.0. The summed E-state index contributed by atoms with van der Waals surface area (Å²) in [6.07, 6.45) is 8.69. The van der Waals surface area contributed by atoms with E-state index < -0.39 is 5.82 Å². The minimum Gasteiger partial charge on any atom is -0.508 e. The molecule has 3 N–H and O–H groups in total. The predicted octanol–water partition coefficient (Wildman–Crippen LogP) is 5.19. The molecule has 146 valence electrons.